The van der Waals surface area contributed by atoms with Gasteiger partial charge in [-0.1, -0.05) is 19.9 Å². The van der Waals surface area contributed by atoms with Crippen LogP contribution in [0.4, 0.5) is 11.5 Å². The summed E-state index contributed by atoms with van der Waals surface area (Å²) in [7, 11) is 1.77. The molecular formula is C22H25N7O2. The van der Waals surface area contributed by atoms with Gasteiger partial charge in [-0.2, -0.15) is 10.2 Å². The van der Waals surface area contributed by atoms with Crippen LogP contribution in [0.2, 0.25) is 0 Å². The standard InChI is InChI=1S/C22H25N7O2/c1-22(2)9-10-28(21(22)31)19-18(13-27(3)26-19)25-20(30)17-6-4-5-16(24-17)14-11-23-29(12-14)15-7-8-15/h4-6,11-13,15H,7-10H2,1-3H3,(H,25,30). The van der Waals surface area contributed by atoms with Crippen LogP contribution >= 0.6 is 0 Å². The number of aromatic nitrogens is 5. The molecule has 2 aliphatic rings. The zero-order valence-corrected chi connectivity index (χ0v) is 17.9. The number of carbonyl (C=O) groups is 2. The molecule has 160 valence electrons. The van der Waals surface area contributed by atoms with Crippen molar-refractivity contribution in [1.29, 1.82) is 0 Å². The van der Waals surface area contributed by atoms with Gasteiger partial charge in [0.25, 0.3) is 5.91 Å². The average Bonchev–Trinajstić information content (AvgIpc) is 3.26. The Labute approximate surface area is 180 Å². The number of nitrogens with zero attached hydrogens (tertiary/aromatic N) is 6. The van der Waals surface area contributed by atoms with Gasteiger partial charge < -0.3 is 5.32 Å². The Bertz CT molecular complexity index is 1170. The summed E-state index contributed by atoms with van der Waals surface area (Å²) < 4.78 is 3.56. The van der Waals surface area contributed by atoms with Crippen molar-refractivity contribution in [3.05, 3.63) is 42.5 Å². The van der Waals surface area contributed by atoms with Crippen LogP contribution in [0.5, 0.6) is 0 Å². The number of aryl methyl sites for hydroxylation is 1. The molecule has 1 saturated heterocycles. The SMILES string of the molecule is Cn1cc(NC(=O)c2cccc(-c3cnn(C4CC4)c3)n2)c(N2CCC(C)(C)C2=O)n1. The molecule has 1 aliphatic carbocycles. The molecule has 4 heterocycles. The number of hydrogen-bond acceptors (Lipinski definition) is 5. The second-order valence-corrected chi connectivity index (χ2v) is 8.93. The summed E-state index contributed by atoms with van der Waals surface area (Å²) in [5.41, 5.74) is 1.93. The molecule has 2 fully saturated rings. The van der Waals surface area contributed by atoms with Crippen molar-refractivity contribution in [3.8, 4) is 11.3 Å². The molecule has 1 aliphatic heterocycles. The van der Waals surface area contributed by atoms with E-state index in [0.717, 1.165) is 24.8 Å². The lowest BCUT2D eigenvalue weighted by Gasteiger charge is -2.18. The molecule has 3 aromatic heterocycles. The summed E-state index contributed by atoms with van der Waals surface area (Å²) >= 11 is 0. The van der Waals surface area contributed by atoms with Crippen molar-refractivity contribution in [2.75, 3.05) is 16.8 Å². The van der Waals surface area contributed by atoms with E-state index in [1.165, 1.54) is 0 Å². The molecule has 3 aromatic rings. The first-order valence-electron chi connectivity index (χ1n) is 10.5. The fraction of sp³-hybridized carbons (Fsp3) is 0.409. The third-order valence-corrected chi connectivity index (χ3v) is 5.90. The fourth-order valence-electron chi connectivity index (χ4n) is 3.85. The van der Waals surface area contributed by atoms with Crippen LogP contribution in [0.25, 0.3) is 11.3 Å². The minimum absolute atomic E-state index is 0.00879. The van der Waals surface area contributed by atoms with Crippen LogP contribution in [0, 0.1) is 5.41 Å². The van der Waals surface area contributed by atoms with Crippen molar-refractivity contribution >= 4 is 23.3 Å². The topological polar surface area (TPSA) is 97.9 Å². The zero-order valence-electron chi connectivity index (χ0n) is 17.9. The van der Waals surface area contributed by atoms with E-state index in [-0.39, 0.29) is 11.8 Å². The third kappa shape index (κ3) is 3.60. The summed E-state index contributed by atoms with van der Waals surface area (Å²) in [5, 5.41) is 11.7. The van der Waals surface area contributed by atoms with E-state index in [1.807, 2.05) is 36.9 Å². The average molecular weight is 419 g/mol. The number of hydrogen-bond donors (Lipinski definition) is 1. The van der Waals surface area contributed by atoms with Gasteiger partial charge >= 0.3 is 0 Å². The van der Waals surface area contributed by atoms with Crippen LogP contribution in [0.1, 0.15) is 49.6 Å². The highest BCUT2D eigenvalue weighted by Gasteiger charge is 2.41. The molecule has 0 aromatic carbocycles. The summed E-state index contributed by atoms with van der Waals surface area (Å²) in [6.45, 7) is 4.43. The van der Waals surface area contributed by atoms with Gasteiger partial charge in [0.1, 0.15) is 11.4 Å². The van der Waals surface area contributed by atoms with E-state index < -0.39 is 5.41 Å². The molecule has 31 heavy (non-hydrogen) atoms. The number of nitrogens with one attached hydrogen (secondary N) is 1. The molecule has 0 spiro atoms. The Hall–Kier alpha value is -3.49. The molecular weight excluding hydrogens is 394 g/mol. The van der Waals surface area contributed by atoms with E-state index in [9.17, 15) is 9.59 Å². The van der Waals surface area contributed by atoms with Crippen LogP contribution in [-0.2, 0) is 11.8 Å². The summed E-state index contributed by atoms with van der Waals surface area (Å²) in [6.07, 6.45) is 8.51. The Kier molecular flexibility index (Phi) is 4.42. The quantitative estimate of drug-likeness (QED) is 0.685. The van der Waals surface area contributed by atoms with Crippen LogP contribution < -0.4 is 10.2 Å². The highest BCUT2D eigenvalue weighted by atomic mass is 16.2. The minimum Gasteiger partial charge on any atom is -0.316 e. The molecule has 9 heteroatoms. The molecule has 9 nitrogen and oxygen atoms in total. The first-order valence-corrected chi connectivity index (χ1v) is 10.5. The molecule has 2 amide bonds. The highest BCUT2D eigenvalue weighted by molar-refractivity contribution is 6.07. The van der Waals surface area contributed by atoms with E-state index >= 15 is 0 Å². The molecule has 1 saturated carbocycles. The van der Waals surface area contributed by atoms with Crippen molar-refractivity contribution < 1.29 is 9.59 Å². The summed E-state index contributed by atoms with van der Waals surface area (Å²) in [4.78, 5) is 31.9. The van der Waals surface area contributed by atoms with Gasteiger partial charge in [0.15, 0.2) is 5.82 Å². The Balaban J connectivity index is 1.38. The van der Waals surface area contributed by atoms with Crippen LogP contribution in [-0.4, -0.2) is 42.9 Å². The van der Waals surface area contributed by atoms with Crippen molar-refractivity contribution in [1.82, 2.24) is 24.5 Å². The molecule has 0 atom stereocenters. The lowest BCUT2D eigenvalue weighted by atomic mass is 9.92. The summed E-state index contributed by atoms with van der Waals surface area (Å²) in [6, 6.07) is 5.83. The Morgan fingerprint density at radius 2 is 2.03 bits per heavy atom. The number of rotatable bonds is 5. The van der Waals surface area contributed by atoms with Gasteiger partial charge in [0.2, 0.25) is 5.91 Å². The second-order valence-electron chi connectivity index (χ2n) is 8.93. The monoisotopic (exact) mass is 419 g/mol. The van der Waals surface area contributed by atoms with Gasteiger partial charge in [-0.05, 0) is 31.4 Å². The number of anilines is 2. The normalized spacial score (nSPS) is 17.9. The van der Waals surface area contributed by atoms with Crippen molar-refractivity contribution in [3.63, 3.8) is 0 Å². The van der Waals surface area contributed by atoms with E-state index in [1.54, 1.807) is 35.1 Å². The number of pyridine rings is 1. The van der Waals surface area contributed by atoms with Crippen molar-refractivity contribution in [2.45, 2.75) is 39.2 Å². The lowest BCUT2D eigenvalue weighted by Crippen LogP contribution is -2.32. The lowest BCUT2D eigenvalue weighted by molar-refractivity contribution is -0.124. The third-order valence-electron chi connectivity index (χ3n) is 5.90. The van der Waals surface area contributed by atoms with Gasteiger partial charge in [-0.15, -0.1) is 0 Å². The maximum atomic E-state index is 13.0. The second kappa shape index (κ2) is 7.04. The molecule has 0 unspecified atom stereocenters. The number of carbonyl (C=O) groups excluding carboxylic acids is 2. The maximum Gasteiger partial charge on any atom is 0.274 e. The fourth-order valence-corrected chi connectivity index (χ4v) is 3.85. The summed E-state index contributed by atoms with van der Waals surface area (Å²) in [5.74, 6) is 0.124. The molecule has 0 radical (unpaired) electrons. The van der Waals surface area contributed by atoms with Gasteiger partial charge in [0.05, 0.1) is 24.1 Å². The van der Waals surface area contributed by atoms with Gasteiger partial charge in [0, 0.05) is 30.8 Å². The van der Waals surface area contributed by atoms with E-state index in [2.05, 4.69) is 20.5 Å². The molecule has 5 rings (SSSR count). The first kappa shape index (κ1) is 19.5. The molecule has 1 N–H and O–H groups in total. The van der Waals surface area contributed by atoms with Crippen LogP contribution in [0.15, 0.2) is 36.8 Å². The minimum atomic E-state index is -0.431. The zero-order chi connectivity index (χ0) is 21.8. The molecule has 0 bridgehead atoms. The van der Waals surface area contributed by atoms with Crippen molar-refractivity contribution in [2.24, 2.45) is 12.5 Å². The largest absolute Gasteiger partial charge is 0.316 e. The maximum absolute atomic E-state index is 13.0. The van der Waals surface area contributed by atoms with Crippen LogP contribution in [0.3, 0.4) is 0 Å². The highest BCUT2D eigenvalue weighted by Crippen LogP contribution is 2.37. The number of amides is 2. The predicted molar refractivity (Wildman–Crippen MR) is 116 cm³/mol. The van der Waals surface area contributed by atoms with Gasteiger partial charge in [-0.25, -0.2) is 4.98 Å². The smallest absolute Gasteiger partial charge is 0.274 e. The van der Waals surface area contributed by atoms with E-state index in [4.69, 9.17) is 0 Å². The van der Waals surface area contributed by atoms with E-state index in [0.29, 0.717) is 35.5 Å². The Morgan fingerprint density at radius 3 is 2.74 bits per heavy atom. The Morgan fingerprint density at radius 1 is 1.23 bits per heavy atom. The van der Waals surface area contributed by atoms with Gasteiger partial charge in [-0.3, -0.25) is 23.9 Å². The first-order chi connectivity index (χ1) is 14.8. The predicted octanol–water partition coefficient (Wildman–Crippen LogP) is 3.03.